The average Bonchev–Trinajstić information content (AvgIpc) is 3.11. The Labute approximate surface area is 148 Å². The van der Waals surface area contributed by atoms with Crippen LogP contribution in [0.1, 0.15) is 6.42 Å². The van der Waals surface area contributed by atoms with Crippen molar-refractivity contribution in [3.63, 3.8) is 0 Å². The zero-order chi connectivity index (χ0) is 17.6. The number of carbonyl (C=O) groups is 1. The Balaban J connectivity index is 1.62. The first kappa shape index (κ1) is 16.9. The summed E-state index contributed by atoms with van der Waals surface area (Å²) < 4.78 is 19.7. The maximum atomic E-state index is 12.8. The molecule has 3 aromatic rings. The third-order valence-corrected chi connectivity index (χ3v) is 3.63. The standard InChI is InChI=1S/C17H14ClFN4O2/c18-14-2-1-3-15(17(14)23-11-20-10-21-23)22-16(24)8-9-25-13-6-4-12(19)5-7-13/h1-7,10-11H,8-9H2,(H,22,24). The number of halogens is 2. The highest BCUT2D eigenvalue weighted by Crippen LogP contribution is 2.27. The van der Waals surface area contributed by atoms with Gasteiger partial charge in [0.2, 0.25) is 5.91 Å². The average molecular weight is 361 g/mol. The van der Waals surface area contributed by atoms with Gasteiger partial charge < -0.3 is 10.1 Å². The van der Waals surface area contributed by atoms with E-state index in [4.69, 9.17) is 16.3 Å². The third kappa shape index (κ3) is 4.33. The normalized spacial score (nSPS) is 10.5. The molecule has 0 bridgehead atoms. The molecule has 1 N–H and O–H groups in total. The lowest BCUT2D eigenvalue weighted by atomic mass is 10.2. The van der Waals surface area contributed by atoms with Crippen molar-refractivity contribution in [1.82, 2.24) is 14.8 Å². The molecule has 1 aromatic heterocycles. The van der Waals surface area contributed by atoms with E-state index in [1.165, 1.54) is 41.6 Å². The van der Waals surface area contributed by atoms with E-state index >= 15 is 0 Å². The van der Waals surface area contributed by atoms with Gasteiger partial charge in [-0.3, -0.25) is 4.79 Å². The van der Waals surface area contributed by atoms with Crippen molar-refractivity contribution in [3.05, 3.63) is 66.0 Å². The van der Waals surface area contributed by atoms with Gasteiger partial charge in [0.05, 0.1) is 23.7 Å². The van der Waals surface area contributed by atoms with Gasteiger partial charge in [0, 0.05) is 0 Å². The molecule has 1 amide bonds. The van der Waals surface area contributed by atoms with Gasteiger partial charge in [0.25, 0.3) is 0 Å². The molecule has 0 aliphatic rings. The fourth-order valence-corrected chi connectivity index (χ4v) is 2.44. The number of rotatable bonds is 6. The van der Waals surface area contributed by atoms with Gasteiger partial charge >= 0.3 is 0 Å². The minimum absolute atomic E-state index is 0.126. The third-order valence-electron chi connectivity index (χ3n) is 3.32. The molecule has 0 spiro atoms. The highest BCUT2D eigenvalue weighted by Gasteiger charge is 2.12. The van der Waals surface area contributed by atoms with Gasteiger partial charge in [-0.25, -0.2) is 14.1 Å². The lowest BCUT2D eigenvalue weighted by Gasteiger charge is -2.12. The fourth-order valence-electron chi connectivity index (χ4n) is 2.18. The van der Waals surface area contributed by atoms with Crippen LogP contribution in [0.3, 0.4) is 0 Å². The second-order valence-electron chi connectivity index (χ2n) is 5.08. The summed E-state index contributed by atoms with van der Waals surface area (Å²) in [6.45, 7) is 0.163. The summed E-state index contributed by atoms with van der Waals surface area (Å²) in [5, 5.41) is 7.26. The Morgan fingerprint density at radius 1 is 1.24 bits per heavy atom. The van der Waals surface area contributed by atoms with Crippen LogP contribution < -0.4 is 10.1 Å². The molecule has 0 fully saturated rings. The van der Waals surface area contributed by atoms with E-state index in [-0.39, 0.29) is 24.8 Å². The molecule has 0 aliphatic heterocycles. The largest absolute Gasteiger partial charge is 0.493 e. The number of para-hydroxylation sites is 1. The molecule has 0 saturated heterocycles. The van der Waals surface area contributed by atoms with Gasteiger partial charge in [-0.2, -0.15) is 5.10 Å². The van der Waals surface area contributed by atoms with Crippen molar-refractivity contribution < 1.29 is 13.9 Å². The van der Waals surface area contributed by atoms with Crippen molar-refractivity contribution in [2.24, 2.45) is 0 Å². The van der Waals surface area contributed by atoms with Crippen molar-refractivity contribution >= 4 is 23.2 Å². The summed E-state index contributed by atoms with van der Waals surface area (Å²) >= 11 is 6.21. The van der Waals surface area contributed by atoms with Crippen LogP contribution >= 0.6 is 11.6 Å². The number of benzene rings is 2. The summed E-state index contributed by atoms with van der Waals surface area (Å²) in [7, 11) is 0. The quantitative estimate of drug-likeness (QED) is 0.730. The number of hydrogen-bond acceptors (Lipinski definition) is 4. The first-order valence-corrected chi connectivity index (χ1v) is 7.83. The lowest BCUT2D eigenvalue weighted by molar-refractivity contribution is -0.116. The maximum absolute atomic E-state index is 12.8. The van der Waals surface area contributed by atoms with Crippen LogP contribution in [0.4, 0.5) is 10.1 Å². The van der Waals surface area contributed by atoms with E-state index < -0.39 is 0 Å². The smallest absolute Gasteiger partial charge is 0.227 e. The first-order valence-electron chi connectivity index (χ1n) is 7.45. The van der Waals surface area contributed by atoms with Gasteiger partial charge in [0.1, 0.15) is 29.9 Å². The molecule has 0 radical (unpaired) electrons. The van der Waals surface area contributed by atoms with Crippen molar-refractivity contribution in [3.8, 4) is 11.4 Å². The number of ether oxygens (including phenoxy) is 1. The molecule has 6 nitrogen and oxygen atoms in total. The Bertz CT molecular complexity index is 854. The van der Waals surface area contributed by atoms with Crippen LogP contribution in [0.5, 0.6) is 5.75 Å². The number of amides is 1. The maximum Gasteiger partial charge on any atom is 0.227 e. The van der Waals surface area contributed by atoms with E-state index in [0.717, 1.165) is 0 Å². The molecular formula is C17H14ClFN4O2. The number of anilines is 1. The predicted octanol–water partition coefficient (Wildman–Crippen LogP) is 3.47. The number of carbonyl (C=O) groups excluding carboxylic acids is 1. The second-order valence-corrected chi connectivity index (χ2v) is 5.48. The highest BCUT2D eigenvalue weighted by atomic mass is 35.5. The van der Waals surface area contributed by atoms with E-state index in [9.17, 15) is 9.18 Å². The minimum Gasteiger partial charge on any atom is -0.493 e. The Hall–Kier alpha value is -2.93. The first-order chi connectivity index (χ1) is 12.1. The molecule has 2 aromatic carbocycles. The minimum atomic E-state index is -0.341. The number of aromatic nitrogens is 3. The molecule has 128 valence electrons. The molecule has 0 atom stereocenters. The Morgan fingerprint density at radius 2 is 2.04 bits per heavy atom. The van der Waals surface area contributed by atoms with Gasteiger partial charge in [-0.15, -0.1) is 0 Å². The highest BCUT2D eigenvalue weighted by molar-refractivity contribution is 6.33. The van der Waals surface area contributed by atoms with E-state index in [1.54, 1.807) is 18.2 Å². The molecule has 1 heterocycles. The summed E-state index contributed by atoms with van der Waals surface area (Å²) in [6.07, 6.45) is 3.00. The monoisotopic (exact) mass is 360 g/mol. The Morgan fingerprint density at radius 3 is 2.76 bits per heavy atom. The zero-order valence-electron chi connectivity index (χ0n) is 13.0. The summed E-state index contributed by atoms with van der Waals surface area (Å²) in [5.74, 6) is -0.0855. The lowest BCUT2D eigenvalue weighted by Crippen LogP contribution is -2.16. The molecule has 0 unspecified atom stereocenters. The fraction of sp³-hybridized carbons (Fsp3) is 0.118. The van der Waals surface area contributed by atoms with Gasteiger partial charge in [-0.05, 0) is 36.4 Å². The molecular weight excluding hydrogens is 347 g/mol. The molecule has 8 heteroatoms. The number of hydrogen-bond donors (Lipinski definition) is 1. The number of nitrogens with one attached hydrogen (secondary N) is 1. The molecule has 3 rings (SSSR count). The van der Waals surface area contributed by atoms with Gasteiger partial charge in [-0.1, -0.05) is 17.7 Å². The van der Waals surface area contributed by atoms with Crippen molar-refractivity contribution in [2.75, 3.05) is 11.9 Å². The van der Waals surface area contributed by atoms with Crippen LogP contribution in [-0.4, -0.2) is 27.3 Å². The topological polar surface area (TPSA) is 69.0 Å². The summed E-state index contributed by atoms with van der Waals surface area (Å²) in [5.41, 5.74) is 1.05. The zero-order valence-corrected chi connectivity index (χ0v) is 13.8. The SMILES string of the molecule is O=C(CCOc1ccc(F)cc1)Nc1cccc(Cl)c1-n1cncn1. The van der Waals surface area contributed by atoms with Crippen LogP contribution in [-0.2, 0) is 4.79 Å². The van der Waals surface area contributed by atoms with E-state index in [0.29, 0.717) is 22.1 Å². The van der Waals surface area contributed by atoms with Crippen LogP contribution in [0.15, 0.2) is 55.1 Å². The second kappa shape index (κ2) is 7.76. The van der Waals surface area contributed by atoms with Crippen molar-refractivity contribution in [2.45, 2.75) is 6.42 Å². The number of nitrogens with zero attached hydrogens (tertiary/aromatic N) is 3. The summed E-state index contributed by atoms with van der Waals surface area (Å²) in [6, 6.07) is 10.8. The molecule has 0 saturated carbocycles. The predicted molar refractivity (Wildman–Crippen MR) is 91.5 cm³/mol. The van der Waals surface area contributed by atoms with Crippen molar-refractivity contribution in [1.29, 1.82) is 0 Å². The van der Waals surface area contributed by atoms with E-state index in [2.05, 4.69) is 15.4 Å². The molecule has 25 heavy (non-hydrogen) atoms. The van der Waals surface area contributed by atoms with Crippen LogP contribution in [0, 0.1) is 5.82 Å². The Kier molecular flexibility index (Phi) is 5.25. The summed E-state index contributed by atoms with van der Waals surface area (Å²) in [4.78, 5) is 16.0. The van der Waals surface area contributed by atoms with Crippen LogP contribution in [0.25, 0.3) is 5.69 Å². The van der Waals surface area contributed by atoms with Gasteiger partial charge in [0.15, 0.2) is 0 Å². The van der Waals surface area contributed by atoms with Crippen LogP contribution in [0.2, 0.25) is 5.02 Å². The van der Waals surface area contributed by atoms with E-state index in [1.807, 2.05) is 0 Å². The molecule has 0 aliphatic carbocycles.